The van der Waals surface area contributed by atoms with Crippen molar-refractivity contribution in [2.45, 2.75) is 27.7 Å². The minimum Gasteiger partial charge on any atom is -0.384 e. The number of carbonyl (C=O) groups is 1. The Kier molecular flexibility index (Phi) is 4.16. The summed E-state index contributed by atoms with van der Waals surface area (Å²) in [5, 5.41) is 6.05. The summed E-state index contributed by atoms with van der Waals surface area (Å²) in [5.41, 5.74) is 2.97. The predicted octanol–water partition coefficient (Wildman–Crippen LogP) is 2.81. The third kappa shape index (κ3) is 3.77. The number of amides is 1. The van der Waals surface area contributed by atoms with Crippen molar-refractivity contribution in [3.05, 3.63) is 29.3 Å². The van der Waals surface area contributed by atoms with E-state index in [0.29, 0.717) is 0 Å². The maximum absolute atomic E-state index is 11.6. The van der Waals surface area contributed by atoms with E-state index in [1.807, 2.05) is 25.1 Å². The van der Waals surface area contributed by atoms with E-state index in [9.17, 15) is 4.79 Å². The van der Waals surface area contributed by atoms with Crippen LogP contribution in [-0.2, 0) is 0 Å². The van der Waals surface area contributed by atoms with Gasteiger partial charge in [-0.1, -0.05) is 26.8 Å². The monoisotopic (exact) mass is 234 g/mol. The summed E-state index contributed by atoms with van der Waals surface area (Å²) < 4.78 is 0. The van der Waals surface area contributed by atoms with Crippen LogP contribution >= 0.6 is 0 Å². The van der Waals surface area contributed by atoms with Gasteiger partial charge in [-0.2, -0.15) is 0 Å². The first-order chi connectivity index (χ1) is 7.85. The van der Waals surface area contributed by atoms with E-state index >= 15 is 0 Å². The van der Waals surface area contributed by atoms with Gasteiger partial charge in [0.1, 0.15) is 0 Å². The van der Waals surface area contributed by atoms with Crippen molar-refractivity contribution in [1.29, 1.82) is 0 Å². The number of hydrogen-bond acceptors (Lipinski definition) is 2. The fraction of sp³-hybridized carbons (Fsp3) is 0.500. The first-order valence-corrected chi connectivity index (χ1v) is 5.91. The standard InChI is InChI=1S/C14H22N2O/c1-10-11(13(17)15-5)7-6-8-12(10)16-9-14(2,3)4/h6-8,16H,9H2,1-5H3,(H,15,17). The summed E-state index contributed by atoms with van der Waals surface area (Å²) in [6, 6.07) is 5.76. The summed E-state index contributed by atoms with van der Waals surface area (Å²) in [6.07, 6.45) is 0. The van der Waals surface area contributed by atoms with Crippen molar-refractivity contribution in [2.75, 3.05) is 18.9 Å². The number of hydrogen-bond donors (Lipinski definition) is 2. The van der Waals surface area contributed by atoms with Crippen LogP contribution in [0, 0.1) is 12.3 Å². The molecule has 0 atom stereocenters. The van der Waals surface area contributed by atoms with E-state index in [4.69, 9.17) is 0 Å². The van der Waals surface area contributed by atoms with Gasteiger partial charge in [0.15, 0.2) is 0 Å². The second kappa shape index (κ2) is 5.21. The van der Waals surface area contributed by atoms with Crippen molar-refractivity contribution < 1.29 is 4.79 Å². The smallest absolute Gasteiger partial charge is 0.251 e. The SMILES string of the molecule is CNC(=O)c1cccc(NCC(C)(C)C)c1C. The highest BCUT2D eigenvalue weighted by Crippen LogP contribution is 2.21. The largest absolute Gasteiger partial charge is 0.384 e. The quantitative estimate of drug-likeness (QED) is 0.844. The van der Waals surface area contributed by atoms with E-state index in [-0.39, 0.29) is 11.3 Å². The van der Waals surface area contributed by atoms with E-state index in [2.05, 4.69) is 31.4 Å². The van der Waals surface area contributed by atoms with Gasteiger partial charge in [-0.3, -0.25) is 4.79 Å². The molecule has 0 radical (unpaired) electrons. The number of benzene rings is 1. The lowest BCUT2D eigenvalue weighted by atomic mass is 9.96. The maximum Gasteiger partial charge on any atom is 0.251 e. The third-order valence-electron chi connectivity index (χ3n) is 2.61. The van der Waals surface area contributed by atoms with Crippen LogP contribution in [0.2, 0.25) is 0 Å². The third-order valence-corrected chi connectivity index (χ3v) is 2.61. The highest BCUT2D eigenvalue weighted by atomic mass is 16.1. The molecule has 1 rings (SSSR count). The molecule has 1 aromatic rings. The molecule has 0 heterocycles. The molecule has 0 saturated carbocycles. The van der Waals surface area contributed by atoms with Gasteiger partial charge in [0.2, 0.25) is 0 Å². The van der Waals surface area contributed by atoms with Crippen LogP contribution in [0.15, 0.2) is 18.2 Å². The van der Waals surface area contributed by atoms with Crippen LogP contribution in [0.3, 0.4) is 0 Å². The fourth-order valence-electron chi connectivity index (χ4n) is 1.57. The topological polar surface area (TPSA) is 41.1 Å². The fourth-order valence-corrected chi connectivity index (χ4v) is 1.57. The zero-order chi connectivity index (χ0) is 13.1. The minimum atomic E-state index is -0.0399. The Bertz CT molecular complexity index is 405. The predicted molar refractivity (Wildman–Crippen MR) is 72.5 cm³/mol. The van der Waals surface area contributed by atoms with Gasteiger partial charge in [-0.25, -0.2) is 0 Å². The lowest BCUT2D eigenvalue weighted by Gasteiger charge is -2.21. The zero-order valence-electron chi connectivity index (χ0n) is 11.3. The molecule has 1 amide bonds. The normalized spacial score (nSPS) is 11.1. The average molecular weight is 234 g/mol. The Labute approximate surface area is 104 Å². The molecule has 2 N–H and O–H groups in total. The van der Waals surface area contributed by atoms with E-state index in [0.717, 1.165) is 23.4 Å². The zero-order valence-corrected chi connectivity index (χ0v) is 11.3. The second-order valence-corrected chi connectivity index (χ2v) is 5.47. The van der Waals surface area contributed by atoms with Gasteiger partial charge in [0.25, 0.3) is 5.91 Å². The first kappa shape index (κ1) is 13.6. The molecule has 0 saturated heterocycles. The lowest BCUT2D eigenvalue weighted by Crippen LogP contribution is -2.22. The Hall–Kier alpha value is -1.51. The van der Waals surface area contributed by atoms with Crippen molar-refractivity contribution in [2.24, 2.45) is 5.41 Å². The highest BCUT2D eigenvalue weighted by molar-refractivity contribution is 5.96. The number of anilines is 1. The first-order valence-electron chi connectivity index (χ1n) is 5.91. The van der Waals surface area contributed by atoms with Gasteiger partial charge in [-0.15, -0.1) is 0 Å². The number of nitrogens with one attached hydrogen (secondary N) is 2. The summed E-state index contributed by atoms with van der Waals surface area (Å²) in [4.78, 5) is 11.6. The number of rotatable bonds is 3. The molecule has 0 fully saturated rings. The summed E-state index contributed by atoms with van der Waals surface area (Å²) in [5.74, 6) is -0.0399. The Balaban J connectivity index is 2.91. The molecule has 3 nitrogen and oxygen atoms in total. The van der Waals surface area contributed by atoms with Crippen LogP contribution in [0.1, 0.15) is 36.7 Å². The van der Waals surface area contributed by atoms with Crippen LogP contribution in [0.25, 0.3) is 0 Å². The highest BCUT2D eigenvalue weighted by Gasteiger charge is 2.13. The van der Waals surface area contributed by atoms with Gasteiger partial charge >= 0.3 is 0 Å². The Morgan fingerprint density at radius 3 is 2.47 bits per heavy atom. The second-order valence-electron chi connectivity index (χ2n) is 5.47. The molecule has 0 spiro atoms. The summed E-state index contributed by atoms with van der Waals surface area (Å²) in [6.45, 7) is 9.38. The molecule has 0 unspecified atom stereocenters. The molecule has 94 valence electrons. The van der Waals surface area contributed by atoms with E-state index < -0.39 is 0 Å². The number of carbonyl (C=O) groups excluding carboxylic acids is 1. The molecule has 0 aliphatic heterocycles. The molecule has 1 aromatic carbocycles. The summed E-state index contributed by atoms with van der Waals surface area (Å²) >= 11 is 0. The Morgan fingerprint density at radius 2 is 1.94 bits per heavy atom. The molecule has 17 heavy (non-hydrogen) atoms. The van der Waals surface area contributed by atoms with Crippen molar-refractivity contribution >= 4 is 11.6 Å². The molecular formula is C14H22N2O. The van der Waals surface area contributed by atoms with Crippen LogP contribution in [0.5, 0.6) is 0 Å². The van der Waals surface area contributed by atoms with Gasteiger partial charge < -0.3 is 10.6 Å². The molecule has 3 heteroatoms. The Morgan fingerprint density at radius 1 is 1.29 bits per heavy atom. The molecule has 0 bridgehead atoms. The maximum atomic E-state index is 11.6. The molecular weight excluding hydrogens is 212 g/mol. The van der Waals surface area contributed by atoms with E-state index in [1.165, 1.54) is 0 Å². The average Bonchev–Trinajstić information content (AvgIpc) is 2.25. The van der Waals surface area contributed by atoms with E-state index in [1.54, 1.807) is 7.05 Å². The lowest BCUT2D eigenvalue weighted by molar-refractivity contribution is 0.0962. The van der Waals surface area contributed by atoms with Gasteiger partial charge in [0.05, 0.1) is 0 Å². The van der Waals surface area contributed by atoms with Crippen LogP contribution in [0.4, 0.5) is 5.69 Å². The summed E-state index contributed by atoms with van der Waals surface area (Å²) in [7, 11) is 1.65. The molecule has 0 aliphatic rings. The molecule has 0 aromatic heterocycles. The van der Waals surface area contributed by atoms with Crippen molar-refractivity contribution in [3.63, 3.8) is 0 Å². The van der Waals surface area contributed by atoms with Crippen LogP contribution < -0.4 is 10.6 Å². The van der Waals surface area contributed by atoms with Gasteiger partial charge in [0, 0.05) is 24.8 Å². The minimum absolute atomic E-state index is 0.0399. The van der Waals surface area contributed by atoms with Crippen LogP contribution in [-0.4, -0.2) is 19.5 Å². The molecule has 0 aliphatic carbocycles. The van der Waals surface area contributed by atoms with Gasteiger partial charge in [-0.05, 0) is 30.0 Å². The van der Waals surface area contributed by atoms with Crippen molar-refractivity contribution in [1.82, 2.24) is 5.32 Å². The van der Waals surface area contributed by atoms with Crippen molar-refractivity contribution in [3.8, 4) is 0 Å².